The third kappa shape index (κ3) is 5.69. The first-order chi connectivity index (χ1) is 18.2. The molecule has 2 aromatic carbocycles. The molecule has 0 saturated carbocycles. The minimum absolute atomic E-state index is 0.591. The number of nitrogens with zero attached hydrogens (tertiary/aromatic N) is 4. The topological polar surface area (TPSA) is 66.0 Å². The lowest BCUT2D eigenvalue weighted by atomic mass is 10.0. The van der Waals surface area contributed by atoms with Gasteiger partial charge in [-0.3, -0.25) is 0 Å². The zero-order valence-corrected chi connectivity index (χ0v) is 22.4. The standard InChI is InChI=1S/C30H36N6S/c1-21-5-4-16-36(21)26-9-3-6-22(18-26)10-11-27-28-30(37-20-33-28)35-29(34-27)24-8-2-7-23(17-24)19-32-25-12-14-31-15-13-25/h2-3,6-9,17-18,20-21,25,31-32H,4-5,10-16,19H2,1H3/t21-/m0/s1. The Balaban J connectivity index is 1.20. The molecule has 37 heavy (non-hydrogen) atoms. The number of piperidine rings is 1. The fraction of sp³-hybridized carbons (Fsp3) is 0.433. The number of anilines is 1. The second-order valence-corrected chi connectivity index (χ2v) is 11.3. The molecule has 2 saturated heterocycles. The predicted molar refractivity (Wildman–Crippen MR) is 153 cm³/mol. The number of hydrogen-bond acceptors (Lipinski definition) is 7. The minimum Gasteiger partial charge on any atom is -0.369 e. The van der Waals surface area contributed by atoms with Crippen molar-refractivity contribution in [2.75, 3.05) is 24.5 Å². The summed E-state index contributed by atoms with van der Waals surface area (Å²) in [6.45, 7) is 6.57. The summed E-state index contributed by atoms with van der Waals surface area (Å²) >= 11 is 1.60. The van der Waals surface area contributed by atoms with E-state index in [-0.39, 0.29) is 0 Å². The van der Waals surface area contributed by atoms with Gasteiger partial charge in [-0.1, -0.05) is 30.3 Å². The second kappa shape index (κ2) is 11.3. The molecule has 2 aliphatic rings. The smallest absolute Gasteiger partial charge is 0.161 e. The van der Waals surface area contributed by atoms with Crippen molar-refractivity contribution in [1.82, 2.24) is 25.6 Å². The Kier molecular flexibility index (Phi) is 7.44. The third-order valence-electron chi connectivity index (χ3n) is 7.84. The van der Waals surface area contributed by atoms with E-state index in [2.05, 4.69) is 76.0 Å². The molecule has 6 rings (SSSR count). The molecule has 2 N–H and O–H groups in total. The van der Waals surface area contributed by atoms with E-state index in [1.54, 1.807) is 11.3 Å². The van der Waals surface area contributed by atoms with Crippen molar-refractivity contribution < 1.29 is 0 Å². The van der Waals surface area contributed by atoms with Gasteiger partial charge in [-0.15, -0.1) is 11.3 Å². The van der Waals surface area contributed by atoms with E-state index in [9.17, 15) is 0 Å². The summed E-state index contributed by atoms with van der Waals surface area (Å²) in [7, 11) is 0. The van der Waals surface area contributed by atoms with Gasteiger partial charge in [0.2, 0.25) is 0 Å². The number of benzene rings is 2. The highest BCUT2D eigenvalue weighted by molar-refractivity contribution is 7.16. The normalized spacial score (nSPS) is 18.6. The van der Waals surface area contributed by atoms with Crippen LogP contribution in [0.1, 0.15) is 49.4 Å². The first-order valence-corrected chi connectivity index (χ1v) is 14.6. The summed E-state index contributed by atoms with van der Waals surface area (Å²) in [4.78, 5) is 18.1. The molecule has 2 aliphatic heterocycles. The lowest BCUT2D eigenvalue weighted by molar-refractivity contribution is 0.386. The SMILES string of the molecule is C[C@H]1CCCN1c1cccc(CCc2nc(-c3cccc(CNC4CCNCC4)c3)nc3scnc23)c1. The van der Waals surface area contributed by atoms with Crippen molar-refractivity contribution in [1.29, 1.82) is 0 Å². The number of aryl methyl sites for hydroxylation is 2. The van der Waals surface area contributed by atoms with Crippen molar-refractivity contribution in [3.63, 3.8) is 0 Å². The number of fused-ring (bicyclic) bond motifs is 1. The average molecular weight is 513 g/mol. The molecule has 1 atom stereocenters. The Labute approximate surface area is 223 Å². The molecule has 0 spiro atoms. The molecule has 0 radical (unpaired) electrons. The van der Waals surface area contributed by atoms with E-state index < -0.39 is 0 Å². The summed E-state index contributed by atoms with van der Waals surface area (Å²) in [5, 5.41) is 7.16. The highest BCUT2D eigenvalue weighted by Gasteiger charge is 2.20. The lowest BCUT2D eigenvalue weighted by Crippen LogP contribution is -2.39. The zero-order valence-electron chi connectivity index (χ0n) is 21.6. The number of nitrogens with one attached hydrogen (secondary N) is 2. The molecule has 0 unspecified atom stereocenters. The molecule has 0 amide bonds. The average Bonchev–Trinajstić information content (AvgIpc) is 3.60. The number of thiazole rings is 1. The fourth-order valence-corrected chi connectivity index (χ4v) is 6.38. The summed E-state index contributed by atoms with van der Waals surface area (Å²) < 4.78 is 0. The van der Waals surface area contributed by atoms with Gasteiger partial charge in [-0.05, 0) is 87.9 Å². The molecule has 4 aromatic rings. The van der Waals surface area contributed by atoms with Crippen LogP contribution in [0, 0.1) is 0 Å². The fourth-order valence-electron chi connectivity index (χ4n) is 5.70. The van der Waals surface area contributed by atoms with Crippen molar-refractivity contribution in [2.45, 2.75) is 64.1 Å². The van der Waals surface area contributed by atoms with Crippen LogP contribution in [-0.2, 0) is 19.4 Å². The first kappa shape index (κ1) is 24.5. The molecular formula is C30H36N6S. The van der Waals surface area contributed by atoms with Crippen LogP contribution in [0.5, 0.6) is 0 Å². The van der Waals surface area contributed by atoms with Gasteiger partial charge in [0, 0.05) is 36.4 Å². The molecule has 4 heterocycles. The van der Waals surface area contributed by atoms with Crippen molar-refractivity contribution >= 4 is 27.4 Å². The molecular weight excluding hydrogens is 476 g/mol. The van der Waals surface area contributed by atoms with Gasteiger partial charge in [-0.25, -0.2) is 15.0 Å². The number of aromatic nitrogens is 3. The molecule has 0 aliphatic carbocycles. The van der Waals surface area contributed by atoms with Crippen LogP contribution in [-0.4, -0.2) is 46.7 Å². The van der Waals surface area contributed by atoms with Crippen molar-refractivity contribution in [3.05, 3.63) is 70.9 Å². The quantitative estimate of drug-likeness (QED) is 0.331. The van der Waals surface area contributed by atoms with Gasteiger partial charge in [0.15, 0.2) is 5.82 Å². The molecule has 0 bridgehead atoms. The monoisotopic (exact) mass is 512 g/mol. The van der Waals surface area contributed by atoms with Gasteiger partial charge in [0.1, 0.15) is 10.3 Å². The van der Waals surface area contributed by atoms with Gasteiger partial charge < -0.3 is 15.5 Å². The van der Waals surface area contributed by atoms with Gasteiger partial charge in [-0.2, -0.15) is 0 Å². The maximum absolute atomic E-state index is 5.06. The zero-order chi connectivity index (χ0) is 25.0. The minimum atomic E-state index is 0.591. The van der Waals surface area contributed by atoms with Crippen molar-refractivity contribution in [2.24, 2.45) is 0 Å². The predicted octanol–water partition coefficient (Wildman–Crippen LogP) is 5.37. The molecule has 2 fully saturated rings. The summed E-state index contributed by atoms with van der Waals surface area (Å²) in [6, 6.07) is 18.9. The second-order valence-electron chi connectivity index (χ2n) is 10.5. The summed E-state index contributed by atoms with van der Waals surface area (Å²) in [5.41, 5.74) is 8.93. The number of hydrogen-bond donors (Lipinski definition) is 2. The van der Waals surface area contributed by atoms with E-state index in [1.807, 2.05) is 5.51 Å². The van der Waals surface area contributed by atoms with Gasteiger partial charge in [0.25, 0.3) is 0 Å². The van der Waals surface area contributed by atoms with Gasteiger partial charge >= 0.3 is 0 Å². The van der Waals surface area contributed by atoms with Crippen LogP contribution in [0.3, 0.4) is 0 Å². The summed E-state index contributed by atoms with van der Waals surface area (Å²) in [6.07, 6.45) is 6.74. The maximum Gasteiger partial charge on any atom is 0.161 e. The molecule has 192 valence electrons. The van der Waals surface area contributed by atoms with Crippen LogP contribution in [0.25, 0.3) is 21.7 Å². The highest BCUT2D eigenvalue weighted by Crippen LogP contribution is 2.28. The van der Waals surface area contributed by atoms with E-state index >= 15 is 0 Å². The van der Waals surface area contributed by atoms with Gasteiger partial charge in [0.05, 0.1) is 11.2 Å². The Hall–Kier alpha value is -2.87. The Morgan fingerprint density at radius 3 is 2.73 bits per heavy atom. The first-order valence-electron chi connectivity index (χ1n) is 13.7. The largest absolute Gasteiger partial charge is 0.369 e. The molecule has 2 aromatic heterocycles. The maximum atomic E-state index is 5.06. The van der Waals surface area contributed by atoms with Crippen LogP contribution >= 0.6 is 11.3 Å². The Morgan fingerprint density at radius 1 is 1.00 bits per heavy atom. The third-order valence-corrected chi connectivity index (χ3v) is 8.55. The number of rotatable bonds is 8. The molecule has 6 nitrogen and oxygen atoms in total. The van der Waals surface area contributed by atoms with Crippen LogP contribution in [0.2, 0.25) is 0 Å². The Bertz CT molecular complexity index is 1340. The molecule has 7 heteroatoms. The van der Waals surface area contributed by atoms with E-state index in [1.165, 1.54) is 42.5 Å². The van der Waals surface area contributed by atoms with E-state index in [0.29, 0.717) is 12.1 Å². The van der Waals surface area contributed by atoms with E-state index in [4.69, 9.17) is 9.97 Å². The van der Waals surface area contributed by atoms with Crippen LogP contribution < -0.4 is 15.5 Å². The van der Waals surface area contributed by atoms with Crippen LogP contribution in [0.15, 0.2) is 54.0 Å². The highest BCUT2D eigenvalue weighted by atomic mass is 32.1. The van der Waals surface area contributed by atoms with E-state index in [0.717, 1.165) is 66.4 Å². The Morgan fingerprint density at radius 2 is 1.86 bits per heavy atom. The summed E-state index contributed by atoms with van der Waals surface area (Å²) in [5.74, 6) is 0.801. The lowest BCUT2D eigenvalue weighted by Gasteiger charge is -2.24. The van der Waals surface area contributed by atoms with Crippen LogP contribution in [0.4, 0.5) is 5.69 Å². The van der Waals surface area contributed by atoms with Crippen molar-refractivity contribution in [3.8, 4) is 11.4 Å².